The molecule has 0 aromatic heterocycles. The molecule has 6 heteroatoms. The van der Waals surface area contributed by atoms with E-state index >= 15 is 0 Å². The molecule has 5 rings (SSSR count). The fourth-order valence-corrected chi connectivity index (χ4v) is 5.44. The van der Waals surface area contributed by atoms with Crippen molar-refractivity contribution >= 4 is 11.1 Å². The van der Waals surface area contributed by atoms with Gasteiger partial charge in [0.25, 0.3) is 0 Å². The molecule has 2 heterocycles. The number of rotatable bonds is 5. The maximum absolute atomic E-state index is 12.9. The first-order valence-electron chi connectivity index (χ1n) is 10.4. The number of nitrogens with zero attached hydrogens (tertiary/aromatic N) is 1. The Morgan fingerprint density at radius 1 is 0.968 bits per heavy atom. The molecule has 0 saturated carbocycles. The molecule has 0 saturated heterocycles. The summed E-state index contributed by atoms with van der Waals surface area (Å²) in [5.74, 6) is 2.11. The second kappa shape index (κ2) is 8.36. The van der Waals surface area contributed by atoms with Crippen LogP contribution >= 0.6 is 0 Å². The highest BCUT2D eigenvalue weighted by Crippen LogP contribution is 2.44. The Morgan fingerprint density at radius 2 is 1.81 bits per heavy atom. The predicted octanol–water partition coefficient (Wildman–Crippen LogP) is 4.46. The van der Waals surface area contributed by atoms with Crippen molar-refractivity contribution < 1.29 is 17.9 Å². The van der Waals surface area contributed by atoms with Crippen molar-refractivity contribution in [3.05, 3.63) is 82.9 Å². The molecule has 160 valence electrons. The van der Waals surface area contributed by atoms with Crippen molar-refractivity contribution in [1.82, 2.24) is 4.90 Å². The SMILES string of the molecule is COc1ccc2c(c1)CCN1Cc3c(ccc(OC)c3OS(=O)c3ccccc3)CC21. The average molecular weight is 436 g/mol. The first kappa shape index (κ1) is 20.1. The Kier molecular flexibility index (Phi) is 5.42. The highest BCUT2D eigenvalue weighted by Gasteiger charge is 2.34. The van der Waals surface area contributed by atoms with Crippen molar-refractivity contribution in [3.8, 4) is 17.2 Å². The topological polar surface area (TPSA) is 48.0 Å². The molecule has 3 aromatic carbocycles. The van der Waals surface area contributed by atoms with Crippen molar-refractivity contribution in [1.29, 1.82) is 0 Å². The van der Waals surface area contributed by atoms with Gasteiger partial charge in [0.05, 0.1) is 19.1 Å². The smallest absolute Gasteiger partial charge is 0.240 e. The Balaban J connectivity index is 1.50. The average Bonchev–Trinajstić information content (AvgIpc) is 2.83. The molecule has 0 fully saturated rings. The second-order valence-electron chi connectivity index (χ2n) is 7.87. The summed E-state index contributed by atoms with van der Waals surface area (Å²) < 4.78 is 29.9. The van der Waals surface area contributed by atoms with Gasteiger partial charge in [-0.25, -0.2) is 4.21 Å². The highest BCUT2D eigenvalue weighted by molar-refractivity contribution is 7.80. The third-order valence-electron chi connectivity index (χ3n) is 6.23. The fourth-order valence-electron chi connectivity index (χ4n) is 4.63. The summed E-state index contributed by atoms with van der Waals surface area (Å²) in [6.07, 6.45) is 1.86. The molecular formula is C25H25NO4S. The first-order valence-corrected chi connectivity index (χ1v) is 11.5. The molecule has 2 aliphatic rings. The second-order valence-corrected chi connectivity index (χ2v) is 8.98. The summed E-state index contributed by atoms with van der Waals surface area (Å²) in [6, 6.07) is 20.0. The summed E-state index contributed by atoms with van der Waals surface area (Å²) in [7, 11) is 3.33. The van der Waals surface area contributed by atoms with Gasteiger partial charge in [0.15, 0.2) is 11.5 Å². The predicted molar refractivity (Wildman–Crippen MR) is 120 cm³/mol. The van der Waals surface area contributed by atoms with Gasteiger partial charge < -0.3 is 13.7 Å². The lowest BCUT2D eigenvalue weighted by Gasteiger charge is -2.42. The molecule has 5 nitrogen and oxygen atoms in total. The number of methoxy groups -OCH3 is 2. The lowest BCUT2D eigenvalue weighted by molar-refractivity contribution is 0.159. The van der Waals surface area contributed by atoms with Crippen molar-refractivity contribution in [3.63, 3.8) is 0 Å². The zero-order valence-corrected chi connectivity index (χ0v) is 18.5. The summed E-state index contributed by atoms with van der Waals surface area (Å²) in [5.41, 5.74) is 5.01. The van der Waals surface area contributed by atoms with Crippen LogP contribution in [0.15, 0.2) is 65.6 Å². The maximum atomic E-state index is 12.9. The molecule has 0 N–H and O–H groups in total. The molecule has 31 heavy (non-hydrogen) atoms. The van der Waals surface area contributed by atoms with Gasteiger partial charge in [0, 0.05) is 24.7 Å². The molecule has 0 amide bonds. The van der Waals surface area contributed by atoms with Crippen LogP contribution in [-0.4, -0.2) is 29.9 Å². The van der Waals surface area contributed by atoms with E-state index in [0.717, 1.165) is 37.2 Å². The number of hydrogen-bond acceptors (Lipinski definition) is 5. The monoisotopic (exact) mass is 435 g/mol. The summed E-state index contributed by atoms with van der Waals surface area (Å²) in [4.78, 5) is 3.12. The van der Waals surface area contributed by atoms with Crippen LogP contribution in [0.2, 0.25) is 0 Å². The number of fused-ring (bicyclic) bond motifs is 4. The molecule has 2 atom stereocenters. The van der Waals surface area contributed by atoms with E-state index in [-0.39, 0.29) is 0 Å². The molecule has 0 bridgehead atoms. The normalized spacial score (nSPS) is 18.3. The Hall–Kier alpha value is -2.83. The summed E-state index contributed by atoms with van der Waals surface area (Å²) in [5, 5.41) is 0. The largest absolute Gasteiger partial charge is 0.497 e. The van der Waals surface area contributed by atoms with Crippen LogP contribution in [0.25, 0.3) is 0 Å². The van der Waals surface area contributed by atoms with Crippen LogP contribution in [-0.2, 0) is 30.5 Å². The van der Waals surface area contributed by atoms with Crippen LogP contribution in [0.5, 0.6) is 17.2 Å². The van der Waals surface area contributed by atoms with Crippen LogP contribution in [0.1, 0.15) is 28.3 Å². The minimum Gasteiger partial charge on any atom is -0.497 e. The van der Waals surface area contributed by atoms with E-state index in [0.29, 0.717) is 22.4 Å². The van der Waals surface area contributed by atoms with Crippen molar-refractivity contribution in [2.75, 3.05) is 20.8 Å². The van der Waals surface area contributed by atoms with E-state index in [1.54, 1.807) is 14.2 Å². The van der Waals surface area contributed by atoms with Crippen molar-refractivity contribution in [2.45, 2.75) is 30.3 Å². The lowest BCUT2D eigenvalue weighted by Crippen LogP contribution is -2.39. The first-order chi connectivity index (χ1) is 15.2. The Labute approximate surface area is 185 Å². The van der Waals surface area contributed by atoms with Gasteiger partial charge >= 0.3 is 0 Å². The third-order valence-corrected chi connectivity index (χ3v) is 7.20. The van der Waals surface area contributed by atoms with Gasteiger partial charge in [-0.2, -0.15) is 0 Å². The molecule has 3 aromatic rings. The van der Waals surface area contributed by atoms with E-state index in [9.17, 15) is 4.21 Å². The lowest BCUT2D eigenvalue weighted by atomic mass is 9.83. The third kappa shape index (κ3) is 3.70. The van der Waals surface area contributed by atoms with Gasteiger partial charge in [-0.05, 0) is 59.9 Å². The number of ether oxygens (including phenoxy) is 2. The zero-order chi connectivity index (χ0) is 21.4. The standard InChI is InChI=1S/C25H25NO4S/c1-28-19-9-10-21-18(14-19)12-13-26-16-22-17(15-23(21)26)8-11-24(29-2)25(22)30-31(27)20-6-4-3-5-7-20/h3-11,14,23H,12-13,15-16H2,1-2H3. The fraction of sp³-hybridized carbons (Fsp3) is 0.280. The zero-order valence-electron chi connectivity index (χ0n) is 17.7. The van der Waals surface area contributed by atoms with Crippen LogP contribution in [0.3, 0.4) is 0 Å². The van der Waals surface area contributed by atoms with E-state index in [4.69, 9.17) is 13.7 Å². The van der Waals surface area contributed by atoms with Crippen molar-refractivity contribution in [2.24, 2.45) is 0 Å². The maximum Gasteiger partial charge on any atom is 0.240 e. The Morgan fingerprint density at radius 3 is 2.58 bits per heavy atom. The summed E-state index contributed by atoms with van der Waals surface area (Å²) in [6.45, 7) is 1.70. The molecule has 0 aliphatic carbocycles. The van der Waals surface area contributed by atoms with E-state index in [1.165, 1.54) is 16.7 Å². The summed E-state index contributed by atoms with van der Waals surface area (Å²) >= 11 is -1.61. The molecule has 0 radical (unpaired) electrons. The number of benzene rings is 3. The molecule has 0 spiro atoms. The molecule has 2 unspecified atom stereocenters. The Bertz CT molecular complexity index is 1130. The van der Waals surface area contributed by atoms with E-state index in [2.05, 4.69) is 23.1 Å². The minimum absolute atomic E-state index is 0.322. The van der Waals surface area contributed by atoms with E-state index < -0.39 is 11.1 Å². The van der Waals surface area contributed by atoms with Crippen LogP contribution in [0.4, 0.5) is 0 Å². The van der Waals surface area contributed by atoms with Gasteiger partial charge in [-0.3, -0.25) is 4.90 Å². The van der Waals surface area contributed by atoms with Gasteiger partial charge in [0.2, 0.25) is 11.1 Å². The highest BCUT2D eigenvalue weighted by atomic mass is 32.2. The van der Waals surface area contributed by atoms with Gasteiger partial charge in [0.1, 0.15) is 5.75 Å². The van der Waals surface area contributed by atoms with Crippen LogP contribution < -0.4 is 13.7 Å². The minimum atomic E-state index is -1.61. The van der Waals surface area contributed by atoms with Gasteiger partial charge in [-0.15, -0.1) is 0 Å². The van der Waals surface area contributed by atoms with E-state index in [1.807, 2.05) is 42.5 Å². The quantitative estimate of drug-likeness (QED) is 0.592. The number of hydrogen-bond donors (Lipinski definition) is 0. The van der Waals surface area contributed by atoms with Gasteiger partial charge in [-0.1, -0.05) is 30.3 Å². The molecular weight excluding hydrogens is 410 g/mol. The van der Waals surface area contributed by atoms with Crippen LogP contribution in [0, 0.1) is 0 Å². The molecule has 2 aliphatic heterocycles.